The van der Waals surface area contributed by atoms with Gasteiger partial charge in [0, 0.05) is 32.1 Å². The molecule has 1 unspecified atom stereocenters. The van der Waals surface area contributed by atoms with Crippen LogP contribution in [0.15, 0.2) is 34.0 Å². The van der Waals surface area contributed by atoms with Gasteiger partial charge in [0.2, 0.25) is 10.0 Å². The van der Waals surface area contributed by atoms with Gasteiger partial charge in [0.1, 0.15) is 16.5 Å². The van der Waals surface area contributed by atoms with E-state index >= 15 is 0 Å². The van der Waals surface area contributed by atoms with E-state index in [0.29, 0.717) is 37.7 Å². The highest BCUT2D eigenvalue weighted by atomic mass is 32.2. The standard InChI is InChI=1S/C19H28N4O4S/c1-5-27-16-10-6-7-11-17(16)28(25,26)22-12-8-9-15(13-22)18-20-21(4)19(24)23(18)14(2)3/h6-7,10-11,14-15H,5,8-9,12-13H2,1-4H3. The van der Waals surface area contributed by atoms with E-state index in [2.05, 4.69) is 5.10 Å². The first kappa shape index (κ1) is 20.6. The summed E-state index contributed by atoms with van der Waals surface area (Å²) >= 11 is 0. The maximum atomic E-state index is 13.3. The van der Waals surface area contributed by atoms with Crippen molar-refractivity contribution in [1.29, 1.82) is 0 Å². The number of aromatic nitrogens is 3. The largest absolute Gasteiger partial charge is 0.492 e. The molecular weight excluding hydrogens is 380 g/mol. The van der Waals surface area contributed by atoms with Crippen molar-refractivity contribution in [2.45, 2.75) is 50.5 Å². The highest BCUT2D eigenvalue weighted by Gasteiger charge is 2.35. The van der Waals surface area contributed by atoms with E-state index in [1.807, 2.05) is 20.8 Å². The van der Waals surface area contributed by atoms with Crippen LogP contribution in [0.5, 0.6) is 5.75 Å². The van der Waals surface area contributed by atoms with Gasteiger partial charge in [-0.2, -0.15) is 9.40 Å². The van der Waals surface area contributed by atoms with Gasteiger partial charge in [-0.25, -0.2) is 17.9 Å². The van der Waals surface area contributed by atoms with Crippen molar-refractivity contribution in [3.05, 3.63) is 40.6 Å². The van der Waals surface area contributed by atoms with Crippen molar-refractivity contribution < 1.29 is 13.2 Å². The summed E-state index contributed by atoms with van der Waals surface area (Å²) in [6.45, 7) is 6.82. The van der Waals surface area contributed by atoms with E-state index in [1.165, 1.54) is 8.99 Å². The molecule has 2 heterocycles. The van der Waals surface area contributed by atoms with Crippen LogP contribution in [0.4, 0.5) is 0 Å². The van der Waals surface area contributed by atoms with Gasteiger partial charge in [-0.05, 0) is 45.7 Å². The van der Waals surface area contributed by atoms with E-state index < -0.39 is 10.0 Å². The zero-order chi connectivity index (χ0) is 20.5. The van der Waals surface area contributed by atoms with E-state index in [-0.39, 0.29) is 22.5 Å². The number of ether oxygens (including phenoxy) is 1. The normalized spacial score (nSPS) is 18.5. The number of nitrogens with zero attached hydrogens (tertiary/aromatic N) is 4. The second-order valence-electron chi connectivity index (χ2n) is 7.31. The number of sulfonamides is 1. The number of benzene rings is 1. The van der Waals surface area contributed by atoms with Gasteiger partial charge >= 0.3 is 5.69 Å². The molecule has 0 aliphatic carbocycles. The zero-order valence-corrected chi connectivity index (χ0v) is 17.6. The fraction of sp³-hybridized carbons (Fsp3) is 0.579. The molecule has 9 heteroatoms. The smallest absolute Gasteiger partial charge is 0.345 e. The number of hydrogen-bond donors (Lipinski definition) is 0. The summed E-state index contributed by atoms with van der Waals surface area (Å²) in [4.78, 5) is 12.6. The third kappa shape index (κ3) is 3.73. The van der Waals surface area contributed by atoms with Gasteiger partial charge < -0.3 is 4.74 Å². The first-order valence-electron chi connectivity index (χ1n) is 9.64. The molecule has 1 saturated heterocycles. The lowest BCUT2D eigenvalue weighted by Gasteiger charge is -2.32. The Hall–Kier alpha value is -2.13. The van der Waals surface area contributed by atoms with Gasteiger partial charge in [-0.1, -0.05) is 12.1 Å². The molecule has 2 aromatic rings. The van der Waals surface area contributed by atoms with Gasteiger partial charge in [-0.15, -0.1) is 0 Å². The van der Waals surface area contributed by atoms with E-state index in [1.54, 1.807) is 35.9 Å². The van der Waals surface area contributed by atoms with Crippen LogP contribution in [-0.4, -0.2) is 46.8 Å². The van der Waals surface area contributed by atoms with Crippen LogP contribution in [-0.2, 0) is 17.1 Å². The van der Waals surface area contributed by atoms with Crippen LogP contribution in [0.2, 0.25) is 0 Å². The Balaban J connectivity index is 1.94. The molecule has 0 saturated carbocycles. The molecular formula is C19H28N4O4S. The van der Waals surface area contributed by atoms with Crippen molar-refractivity contribution in [1.82, 2.24) is 18.7 Å². The molecule has 28 heavy (non-hydrogen) atoms. The van der Waals surface area contributed by atoms with Crippen molar-refractivity contribution in [3.8, 4) is 5.75 Å². The second kappa shape index (κ2) is 8.08. The lowest BCUT2D eigenvalue weighted by Crippen LogP contribution is -2.40. The molecule has 0 bridgehead atoms. The molecule has 0 radical (unpaired) electrons. The lowest BCUT2D eigenvalue weighted by atomic mass is 9.98. The van der Waals surface area contributed by atoms with Gasteiger partial charge in [0.25, 0.3) is 0 Å². The van der Waals surface area contributed by atoms with Crippen LogP contribution in [0, 0.1) is 0 Å². The second-order valence-corrected chi connectivity index (χ2v) is 9.22. The monoisotopic (exact) mass is 408 g/mol. The molecule has 8 nitrogen and oxygen atoms in total. The summed E-state index contributed by atoms with van der Waals surface area (Å²) in [5, 5.41) is 4.41. The van der Waals surface area contributed by atoms with Crippen LogP contribution in [0.3, 0.4) is 0 Å². The maximum Gasteiger partial charge on any atom is 0.345 e. The predicted molar refractivity (Wildman–Crippen MR) is 106 cm³/mol. The molecule has 0 N–H and O–H groups in total. The lowest BCUT2D eigenvalue weighted by molar-refractivity contribution is 0.297. The predicted octanol–water partition coefficient (Wildman–Crippen LogP) is 2.13. The van der Waals surface area contributed by atoms with Crippen LogP contribution < -0.4 is 10.4 Å². The minimum atomic E-state index is -3.71. The highest BCUT2D eigenvalue weighted by molar-refractivity contribution is 7.89. The van der Waals surface area contributed by atoms with Crippen molar-refractivity contribution >= 4 is 10.0 Å². The Labute approximate surface area is 165 Å². The molecule has 0 spiro atoms. The quantitative estimate of drug-likeness (QED) is 0.731. The molecule has 1 aliphatic rings. The molecule has 1 fully saturated rings. The topological polar surface area (TPSA) is 86.4 Å². The number of piperidine rings is 1. The summed E-state index contributed by atoms with van der Waals surface area (Å²) in [6, 6.07) is 6.67. The van der Waals surface area contributed by atoms with Gasteiger partial charge in [-0.3, -0.25) is 4.57 Å². The SMILES string of the molecule is CCOc1ccccc1S(=O)(=O)N1CCCC(c2nn(C)c(=O)n2C(C)C)C1. The van der Waals surface area contributed by atoms with Gasteiger partial charge in [0.15, 0.2) is 0 Å². The summed E-state index contributed by atoms with van der Waals surface area (Å²) in [6.07, 6.45) is 1.51. The van der Waals surface area contributed by atoms with Crippen molar-refractivity contribution in [3.63, 3.8) is 0 Å². The summed E-state index contributed by atoms with van der Waals surface area (Å²) in [5.41, 5.74) is -0.174. The minimum absolute atomic E-state index is 0.0399. The van der Waals surface area contributed by atoms with Gasteiger partial charge in [0.05, 0.1) is 6.61 Å². The summed E-state index contributed by atoms with van der Waals surface area (Å²) in [5.74, 6) is 0.892. The average molecular weight is 409 g/mol. The first-order valence-corrected chi connectivity index (χ1v) is 11.1. The Morgan fingerprint density at radius 1 is 1.29 bits per heavy atom. The van der Waals surface area contributed by atoms with E-state index in [0.717, 1.165) is 6.42 Å². The first-order chi connectivity index (χ1) is 13.3. The summed E-state index contributed by atoms with van der Waals surface area (Å²) in [7, 11) is -2.08. The molecule has 1 atom stereocenters. The van der Waals surface area contributed by atoms with E-state index in [9.17, 15) is 13.2 Å². The highest BCUT2D eigenvalue weighted by Crippen LogP contribution is 2.32. The minimum Gasteiger partial charge on any atom is -0.492 e. The van der Waals surface area contributed by atoms with Crippen molar-refractivity contribution in [2.75, 3.05) is 19.7 Å². The number of aryl methyl sites for hydroxylation is 1. The van der Waals surface area contributed by atoms with Crippen molar-refractivity contribution in [2.24, 2.45) is 7.05 Å². The fourth-order valence-corrected chi connectivity index (χ4v) is 5.37. The molecule has 0 amide bonds. The van der Waals surface area contributed by atoms with Crippen LogP contribution in [0.25, 0.3) is 0 Å². The molecule has 1 aromatic heterocycles. The third-order valence-electron chi connectivity index (χ3n) is 5.01. The molecule has 1 aliphatic heterocycles. The molecule has 1 aromatic carbocycles. The zero-order valence-electron chi connectivity index (χ0n) is 16.8. The Kier molecular flexibility index (Phi) is 5.95. The maximum absolute atomic E-state index is 13.3. The average Bonchev–Trinajstić information content (AvgIpc) is 2.97. The van der Waals surface area contributed by atoms with E-state index in [4.69, 9.17) is 4.74 Å². The Morgan fingerprint density at radius 3 is 2.68 bits per heavy atom. The number of rotatable bonds is 6. The third-order valence-corrected chi connectivity index (χ3v) is 6.92. The fourth-order valence-electron chi connectivity index (χ4n) is 3.71. The van der Waals surface area contributed by atoms with Crippen LogP contribution >= 0.6 is 0 Å². The number of hydrogen-bond acceptors (Lipinski definition) is 5. The molecule has 154 valence electrons. The Bertz CT molecular complexity index is 994. The van der Waals surface area contributed by atoms with Crippen LogP contribution in [0.1, 0.15) is 51.4 Å². The molecule has 3 rings (SSSR count). The Morgan fingerprint density at radius 2 is 2.00 bits per heavy atom. The number of para-hydroxylation sites is 1. The summed E-state index contributed by atoms with van der Waals surface area (Å²) < 4.78 is 36.6.